The van der Waals surface area contributed by atoms with Gasteiger partial charge in [-0.25, -0.2) is 9.69 Å². The van der Waals surface area contributed by atoms with Gasteiger partial charge in [-0.05, 0) is 24.1 Å². The molecule has 1 fully saturated rings. The lowest BCUT2D eigenvalue weighted by Crippen LogP contribution is -2.41. The third kappa shape index (κ3) is 4.86. The molecule has 0 bridgehead atoms. The van der Waals surface area contributed by atoms with E-state index in [0.29, 0.717) is 19.6 Å². The van der Waals surface area contributed by atoms with E-state index in [1.54, 1.807) is 7.11 Å². The van der Waals surface area contributed by atoms with Gasteiger partial charge in [-0.3, -0.25) is 4.79 Å². The lowest BCUT2D eigenvalue weighted by Gasteiger charge is -2.24. The number of anilines is 1. The van der Waals surface area contributed by atoms with Crippen molar-refractivity contribution < 1.29 is 19.1 Å². The molecule has 6 heteroatoms. The molecule has 2 amide bonds. The zero-order chi connectivity index (χ0) is 19.1. The van der Waals surface area contributed by atoms with E-state index in [1.807, 2.05) is 60.7 Å². The third-order valence-electron chi connectivity index (χ3n) is 4.63. The first kappa shape index (κ1) is 18.9. The van der Waals surface area contributed by atoms with E-state index in [0.717, 1.165) is 11.3 Å². The summed E-state index contributed by atoms with van der Waals surface area (Å²) < 4.78 is 10.6. The second kappa shape index (κ2) is 9.19. The summed E-state index contributed by atoms with van der Waals surface area (Å²) in [6.07, 6.45) is -0.0186. The summed E-state index contributed by atoms with van der Waals surface area (Å²) in [6, 6.07) is 18.9. The Morgan fingerprint density at radius 3 is 2.48 bits per heavy atom. The second-order valence-electron chi connectivity index (χ2n) is 6.50. The van der Waals surface area contributed by atoms with Crippen LogP contribution in [0, 0.1) is 5.92 Å². The van der Waals surface area contributed by atoms with Crippen molar-refractivity contribution in [3.05, 3.63) is 66.2 Å². The predicted molar refractivity (Wildman–Crippen MR) is 102 cm³/mol. The minimum Gasteiger partial charge on any atom is -0.444 e. The van der Waals surface area contributed by atoms with Gasteiger partial charge < -0.3 is 14.8 Å². The molecule has 1 saturated heterocycles. The van der Waals surface area contributed by atoms with Crippen LogP contribution in [0.2, 0.25) is 0 Å². The number of para-hydroxylation sites is 1. The van der Waals surface area contributed by atoms with Crippen LogP contribution in [0.15, 0.2) is 60.7 Å². The van der Waals surface area contributed by atoms with Gasteiger partial charge in [-0.2, -0.15) is 0 Å². The fourth-order valence-electron chi connectivity index (χ4n) is 3.24. The monoisotopic (exact) mass is 368 g/mol. The van der Waals surface area contributed by atoms with Crippen LogP contribution in [-0.2, 0) is 20.9 Å². The van der Waals surface area contributed by atoms with E-state index in [1.165, 1.54) is 4.90 Å². The van der Waals surface area contributed by atoms with Crippen molar-refractivity contribution in [3.8, 4) is 0 Å². The highest BCUT2D eigenvalue weighted by atomic mass is 16.6. The number of carbonyl (C=O) groups excluding carboxylic acids is 2. The van der Waals surface area contributed by atoms with Gasteiger partial charge in [0.05, 0.1) is 18.6 Å². The summed E-state index contributed by atoms with van der Waals surface area (Å²) in [5.74, 6) is -0.562. The number of carbonyl (C=O) groups is 2. The zero-order valence-electron chi connectivity index (χ0n) is 15.3. The molecule has 0 spiro atoms. The number of rotatable bonds is 7. The van der Waals surface area contributed by atoms with Crippen molar-refractivity contribution in [1.82, 2.24) is 4.90 Å². The second-order valence-corrected chi connectivity index (χ2v) is 6.50. The lowest BCUT2D eigenvalue weighted by atomic mass is 9.98. The van der Waals surface area contributed by atoms with Crippen LogP contribution >= 0.6 is 0 Å². The van der Waals surface area contributed by atoms with Gasteiger partial charge >= 0.3 is 6.09 Å². The van der Waals surface area contributed by atoms with Gasteiger partial charge in [0, 0.05) is 19.3 Å². The van der Waals surface area contributed by atoms with Crippen LogP contribution in [0.4, 0.5) is 10.5 Å². The predicted octanol–water partition coefficient (Wildman–Crippen LogP) is 3.30. The van der Waals surface area contributed by atoms with Crippen LogP contribution in [0.5, 0.6) is 0 Å². The largest absolute Gasteiger partial charge is 0.444 e. The summed E-state index contributed by atoms with van der Waals surface area (Å²) in [5, 5.41) is 3.34. The average Bonchev–Trinajstić information content (AvgIpc) is 3.09. The molecular weight excluding hydrogens is 344 g/mol. The van der Waals surface area contributed by atoms with E-state index in [4.69, 9.17) is 9.47 Å². The van der Waals surface area contributed by atoms with Gasteiger partial charge in [0.1, 0.15) is 6.61 Å². The van der Waals surface area contributed by atoms with Crippen molar-refractivity contribution in [3.63, 3.8) is 0 Å². The topological polar surface area (TPSA) is 67.9 Å². The molecule has 2 atom stereocenters. The van der Waals surface area contributed by atoms with Crippen molar-refractivity contribution in [2.45, 2.75) is 19.1 Å². The fourth-order valence-corrected chi connectivity index (χ4v) is 3.24. The van der Waals surface area contributed by atoms with Crippen LogP contribution < -0.4 is 5.32 Å². The van der Waals surface area contributed by atoms with Crippen LogP contribution in [0.25, 0.3) is 0 Å². The molecule has 1 heterocycles. The minimum absolute atomic E-state index is 0.151. The molecule has 142 valence electrons. The van der Waals surface area contributed by atoms with Crippen LogP contribution in [0.3, 0.4) is 0 Å². The molecule has 0 aliphatic carbocycles. The van der Waals surface area contributed by atoms with Gasteiger partial charge in [-0.15, -0.1) is 0 Å². The van der Waals surface area contributed by atoms with E-state index in [-0.39, 0.29) is 24.5 Å². The normalized spacial score (nSPS) is 17.6. The molecule has 1 aliphatic rings. The molecule has 3 rings (SSSR count). The SMILES string of the molecule is COCC(Nc1ccccc1)C1CCN(C(=O)OCc2ccccc2)C1=O. The zero-order valence-corrected chi connectivity index (χ0v) is 15.3. The van der Waals surface area contributed by atoms with E-state index in [2.05, 4.69) is 5.32 Å². The first-order chi connectivity index (χ1) is 13.2. The van der Waals surface area contributed by atoms with Crippen molar-refractivity contribution in [2.24, 2.45) is 5.92 Å². The number of benzene rings is 2. The van der Waals surface area contributed by atoms with Crippen LogP contribution in [-0.4, -0.2) is 43.2 Å². The molecule has 1 aliphatic heterocycles. The molecule has 27 heavy (non-hydrogen) atoms. The summed E-state index contributed by atoms with van der Waals surface area (Å²) in [7, 11) is 1.60. The molecule has 2 unspecified atom stereocenters. The number of hydrogen-bond donors (Lipinski definition) is 1. The van der Waals surface area contributed by atoms with E-state index < -0.39 is 6.09 Å². The number of ether oxygens (including phenoxy) is 2. The Balaban J connectivity index is 1.60. The van der Waals surface area contributed by atoms with Crippen LogP contribution in [0.1, 0.15) is 12.0 Å². The third-order valence-corrected chi connectivity index (χ3v) is 4.63. The number of methoxy groups -OCH3 is 1. The number of amides is 2. The summed E-state index contributed by atoms with van der Waals surface area (Å²) in [4.78, 5) is 26.3. The van der Waals surface area contributed by atoms with Gasteiger partial charge in [0.25, 0.3) is 0 Å². The molecule has 0 radical (unpaired) electrons. The molecule has 6 nitrogen and oxygen atoms in total. The molecule has 1 N–H and O–H groups in total. The minimum atomic E-state index is -0.595. The Morgan fingerprint density at radius 1 is 1.15 bits per heavy atom. The fraction of sp³-hybridized carbons (Fsp3) is 0.333. The summed E-state index contributed by atoms with van der Waals surface area (Å²) in [6.45, 7) is 0.879. The van der Waals surface area contributed by atoms with E-state index in [9.17, 15) is 9.59 Å². The molecule has 0 saturated carbocycles. The number of imide groups is 1. The Bertz CT molecular complexity index is 751. The average molecular weight is 368 g/mol. The summed E-state index contributed by atoms with van der Waals surface area (Å²) >= 11 is 0. The van der Waals surface area contributed by atoms with Crippen molar-refractivity contribution in [2.75, 3.05) is 25.6 Å². The van der Waals surface area contributed by atoms with Crippen molar-refractivity contribution >= 4 is 17.7 Å². The van der Waals surface area contributed by atoms with Crippen molar-refractivity contribution in [1.29, 1.82) is 0 Å². The number of nitrogens with one attached hydrogen (secondary N) is 1. The lowest BCUT2D eigenvalue weighted by molar-refractivity contribution is -0.130. The molecule has 2 aromatic carbocycles. The van der Waals surface area contributed by atoms with Gasteiger partial charge in [0.15, 0.2) is 0 Å². The first-order valence-corrected chi connectivity index (χ1v) is 9.01. The van der Waals surface area contributed by atoms with E-state index >= 15 is 0 Å². The Morgan fingerprint density at radius 2 is 1.81 bits per heavy atom. The Hall–Kier alpha value is -2.86. The van der Waals surface area contributed by atoms with Gasteiger partial charge in [0.2, 0.25) is 5.91 Å². The molecule has 2 aromatic rings. The maximum atomic E-state index is 12.8. The molecular formula is C21H24N2O4. The maximum absolute atomic E-state index is 12.8. The number of hydrogen-bond acceptors (Lipinski definition) is 5. The number of likely N-dealkylation sites (tertiary alicyclic amines) is 1. The first-order valence-electron chi connectivity index (χ1n) is 9.01. The number of nitrogens with zero attached hydrogens (tertiary/aromatic N) is 1. The Kier molecular flexibility index (Phi) is 6.44. The quantitative estimate of drug-likeness (QED) is 0.812. The Labute approximate surface area is 159 Å². The smallest absolute Gasteiger partial charge is 0.416 e. The standard InChI is InChI=1S/C21H24N2O4/c1-26-15-19(22-17-10-6-3-7-11-17)18-12-13-23(20(18)24)21(25)27-14-16-8-4-2-5-9-16/h2-11,18-19,22H,12-15H2,1H3. The maximum Gasteiger partial charge on any atom is 0.416 e. The van der Waals surface area contributed by atoms with Gasteiger partial charge in [-0.1, -0.05) is 48.5 Å². The highest BCUT2D eigenvalue weighted by Crippen LogP contribution is 2.25. The summed E-state index contributed by atoms with van der Waals surface area (Å²) in [5.41, 5.74) is 1.80. The highest BCUT2D eigenvalue weighted by molar-refractivity contribution is 5.95. The molecule has 0 aromatic heterocycles. The highest BCUT2D eigenvalue weighted by Gasteiger charge is 2.41.